The highest BCUT2D eigenvalue weighted by Gasteiger charge is 2.24. The predicted molar refractivity (Wildman–Crippen MR) is 110 cm³/mol. The van der Waals surface area contributed by atoms with Gasteiger partial charge in [-0.15, -0.1) is 11.8 Å². The zero-order valence-electron chi connectivity index (χ0n) is 15.2. The number of rotatable bonds is 6. The van der Waals surface area contributed by atoms with Crippen LogP contribution in [0, 0.1) is 0 Å². The van der Waals surface area contributed by atoms with Gasteiger partial charge in [0, 0.05) is 23.5 Å². The zero-order chi connectivity index (χ0) is 19.4. The number of carbonyl (C=O) groups is 2. The van der Waals surface area contributed by atoms with Gasteiger partial charge in [-0.25, -0.2) is 0 Å². The maximum Gasteiger partial charge on any atom is 0.237 e. The number of thioether (sulfide) groups is 1. The lowest BCUT2D eigenvalue weighted by atomic mass is 10.2. The topological polar surface area (TPSA) is 58.6 Å². The molecule has 1 aliphatic heterocycles. The van der Waals surface area contributed by atoms with Crippen molar-refractivity contribution in [2.75, 3.05) is 22.5 Å². The molecule has 0 spiro atoms. The van der Waals surface area contributed by atoms with E-state index < -0.39 is 0 Å². The summed E-state index contributed by atoms with van der Waals surface area (Å²) < 4.78 is 5.59. The predicted octanol–water partition coefficient (Wildman–Crippen LogP) is 4.59. The summed E-state index contributed by atoms with van der Waals surface area (Å²) in [7, 11) is 0. The second kappa shape index (κ2) is 8.67. The Hall–Kier alpha value is -2.18. The second-order valence-corrected chi connectivity index (χ2v) is 7.84. The van der Waals surface area contributed by atoms with E-state index in [1.54, 1.807) is 23.1 Å². The van der Waals surface area contributed by atoms with Crippen LogP contribution in [0.1, 0.15) is 20.3 Å². The number of anilines is 2. The number of amides is 2. The highest BCUT2D eigenvalue weighted by Crippen LogP contribution is 2.35. The molecule has 2 aromatic carbocycles. The molecule has 142 valence electrons. The van der Waals surface area contributed by atoms with E-state index in [1.165, 1.54) is 11.8 Å². The minimum atomic E-state index is -0.174. The van der Waals surface area contributed by atoms with E-state index in [9.17, 15) is 9.59 Å². The van der Waals surface area contributed by atoms with E-state index >= 15 is 0 Å². The summed E-state index contributed by atoms with van der Waals surface area (Å²) in [4.78, 5) is 27.3. The van der Waals surface area contributed by atoms with Crippen LogP contribution in [-0.4, -0.2) is 30.2 Å². The first-order valence-corrected chi connectivity index (χ1v) is 10.1. The highest BCUT2D eigenvalue weighted by molar-refractivity contribution is 8.00. The van der Waals surface area contributed by atoms with Crippen LogP contribution in [0.2, 0.25) is 5.02 Å². The van der Waals surface area contributed by atoms with E-state index in [2.05, 4.69) is 5.32 Å². The second-order valence-electron chi connectivity index (χ2n) is 6.41. The van der Waals surface area contributed by atoms with Crippen molar-refractivity contribution in [2.45, 2.75) is 31.3 Å². The summed E-state index contributed by atoms with van der Waals surface area (Å²) in [6, 6.07) is 12.9. The SMILES string of the molecule is CC(C)Oc1ccc(NC(=O)CCN2C(=O)CSc3ccccc32)cc1Cl. The first-order valence-electron chi connectivity index (χ1n) is 8.72. The summed E-state index contributed by atoms with van der Waals surface area (Å²) in [5.74, 6) is 0.820. The Morgan fingerprint density at radius 1 is 1.30 bits per heavy atom. The van der Waals surface area contributed by atoms with E-state index in [0.717, 1.165) is 10.6 Å². The lowest BCUT2D eigenvalue weighted by molar-refractivity contribution is -0.117. The molecule has 0 fully saturated rings. The van der Waals surface area contributed by atoms with Gasteiger partial charge in [0.2, 0.25) is 11.8 Å². The third kappa shape index (κ3) is 4.96. The molecule has 27 heavy (non-hydrogen) atoms. The lowest BCUT2D eigenvalue weighted by Gasteiger charge is -2.28. The van der Waals surface area contributed by atoms with Crippen LogP contribution in [0.3, 0.4) is 0 Å². The van der Waals surface area contributed by atoms with Crippen molar-refractivity contribution < 1.29 is 14.3 Å². The summed E-state index contributed by atoms with van der Waals surface area (Å²) in [6.45, 7) is 4.18. The maximum absolute atomic E-state index is 12.3. The summed E-state index contributed by atoms with van der Waals surface area (Å²) in [5.41, 5.74) is 1.46. The van der Waals surface area contributed by atoms with E-state index in [-0.39, 0.29) is 24.3 Å². The number of nitrogens with zero attached hydrogens (tertiary/aromatic N) is 1. The third-order valence-electron chi connectivity index (χ3n) is 3.95. The molecule has 1 aliphatic rings. The fourth-order valence-electron chi connectivity index (χ4n) is 2.76. The number of ether oxygens (including phenoxy) is 1. The largest absolute Gasteiger partial charge is 0.489 e. The van der Waals surface area contributed by atoms with Crippen LogP contribution in [0.25, 0.3) is 0 Å². The van der Waals surface area contributed by atoms with Crippen molar-refractivity contribution in [1.82, 2.24) is 0 Å². The Labute approximate surface area is 168 Å². The van der Waals surface area contributed by atoms with Gasteiger partial charge in [0.15, 0.2) is 0 Å². The van der Waals surface area contributed by atoms with Crippen LogP contribution < -0.4 is 15.0 Å². The van der Waals surface area contributed by atoms with Crippen molar-refractivity contribution in [2.24, 2.45) is 0 Å². The molecule has 0 atom stereocenters. The number of carbonyl (C=O) groups excluding carboxylic acids is 2. The van der Waals surface area contributed by atoms with Crippen molar-refractivity contribution in [1.29, 1.82) is 0 Å². The number of hydrogen-bond donors (Lipinski definition) is 1. The molecule has 0 aliphatic carbocycles. The molecule has 3 rings (SSSR count). The van der Waals surface area contributed by atoms with Crippen LogP contribution >= 0.6 is 23.4 Å². The number of nitrogens with one attached hydrogen (secondary N) is 1. The minimum Gasteiger partial charge on any atom is -0.489 e. The smallest absolute Gasteiger partial charge is 0.237 e. The molecule has 2 amide bonds. The van der Waals surface area contributed by atoms with Crippen molar-refractivity contribution in [3.8, 4) is 5.75 Å². The maximum atomic E-state index is 12.3. The molecule has 0 aromatic heterocycles. The van der Waals surface area contributed by atoms with Gasteiger partial charge in [0.05, 0.1) is 22.6 Å². The molecule has 1 N–H and O–H groups in total. The first kappa shape index (κ1) is 19.6. The summed E-state index contributed by atoms with van der Waals surface area (Å²) in [5, 5.41) is 3.26. The molecule has 5 nitrogen and oxygen atoms in total. The molecule has 2 aromatic rings. The number of fused-ring (bicyclic) bond motifs is 1. The molecule has 7 heteroatoms. The summed E-state index contributed by atoms with van der Waals surface area (Å²) in [6.07, 6.45) is 0.220. The Morgan fingerprint density at radius 3 is 2.81 bits per heavy atom. The van der Waals surface area contributed by atoms with E-state index in [1.807, 2.05) is 38.1 Å². The van der Waals surface area contributed by atoms with Gasteiger partial charge in [-0.05, 0) is 44.2 Å². The molecule has 0 unspecified atom stereocenters. The Morgan fingerprint density at radius 2 is 2.07 bits per heavy atom. The van der Waals surface area contributed by atoms with E-state index in [4.69, 9.17) is 16.3 Å². The van der Waals surface area contributed by atoms with Gasteiger partial charge in [-0.1, -0.05) is 23.7 Å². The normalized spacial score (nSPS) is 13.5. The standard InChI is InChI=1S/C20H21ClN2O3S/c1-13(2)26-17-8-7-14(11-15(17)21)22-19(24)9-10-23-16-5-3-4-6-18(16)27-12-20(23)25/h3-8,11,13H,9-10,12H2,1-2H3,(H,22,24). The Balaban J connectivity index is 1.60. The molecular weight excluding hydrogens is 384 g/mol. The van der Waals surface area contributed by atoms with Gasteiger partial charge in [0.1, 0.15) is 5.75 Å². The van der Waals surface area contributed by atoms with Crippen LogP contribution in [0.5, 0.6) is 5.75 Å². The fraction of sp³-hybridized carbons (Fsp3) is 0.300. The fourth-order valence-corrected chi connectivity index (χ4v) is 3.92. The van der Waals surface area contributed by atoms with Crippen LogP contribution in [0.4, 0.5) is 11.4 Å². The van der Waals surface area contributed by atoms with Crippen LogP contribution in [0.15, 0.2) is 47.4 Å². The number of hydrogen-bond acceptors (Lipinski definition) is 4. The van der Waals surface area contributed by atoms with Crippen molar-refractivity contribution in [3.63, 3.8) is 0 Å². The number of benzene rings is 2. The molecule has 1 heterocycles. The van der Waals surface area contributed by atoms with Gasteiger partial charge in [-0.2, -0.15) is 0 Å². The Kier molecular flexibility index (Phi) is 6.29. The van der Waals surface area contributed by atoms with Crippen molar-refractivity contribution in [3.05, 3.63) is 47.5 Å². The third-order valence-corrected chi connectivity index (χ3v) is 5.29. The van der Waals surface area contributed by atoms with Gasteiger partial charge < -0.3 is 15.0 Å². The van der Waals surface area contributed by atoms with Crippen molar-refractivity contribution >= 4 is 46.6 Å². The molecule has 0 bridgehead atoms. The molecule has 0 radical (unpaired) electrons. The van der Waals surface area contributed by atoms with E-state index in [0.29, 0.717) is 28.8 Å². The summed E-state index contributed by atoms with van der Waals surface area (Å²) >= 11 is 7.73. The van der Waals surface area contributed by atoms with Gasteiger partial charge in [-0.3, -0.25) is 9.59 Å². The van der Waals surface area contributed by atoms with Gasteiger partial charge in [0.25, 0.3) is 0 Å². The Bertz CT molecular complexity index is 857. The van der Waals surface area contributed by atoms with Gasteiger partial charge >= 0.3 is 0 Å². The first-order chi connectivity index (χ1) is 12.9. The molecule has 0 saturated heterocycles. The monoisotopic (exact) mass is 404 g/mol. The molecule has 0 saturated carbocycles. The lowest BCUT2D eigenvalue weighted by Crippen LogP contribution is -2.37. The number of halogens is 1. The zero-order valence-corrected chi connectivity index (χ0v) is 16.8. The minimum absolute atomic E-state index is 0.0183. The average molecular weight is 405 g/mol. The highest BCUT2D eigenvalue weighted by atomic mass is 35.5. The van der Waals surface area contributed by atoms with Crippen LogP contribution in [-0.2, 0) is 9.59 Å². The average Bonchev–Trinajstić information content (AvgIpc) is 2.63. The number of para-hydroxylation sites is 1. The quantitative estimate of drug-likeness (QED) is 0.764. The molecular formula is C20H21ClN2O3S.